The molecule has 3 nitrogen and oxygen atoms in total. The van der Waals surface area contributed by atoms with Gasteiger partial charge in [0.15, 0.2) is 0 Å². The molecule has 3 aromatic heterocycles. The zero-order valence-electron chi connectivity index (χ0n) is 24.8. The number of nitrogens with zero attached hydrogens (tertiary/aromatic N) is 2. The number of hydrogen-bond acceptors (Lipinski definition) is 2. The Balaban J connectivity index is 1.37. The molecule has 46 heavy (non-hydrogen) atoms. The fourth-order valence-corrected chi connectivity index (χ4v) is 7.39. The van der Waals surface area contributed by atoms with E-state index in [1.54, 1.807) is 12.4 Å². The van der Waals surface area contributed by atoms with Gasteiger partial charge in [0.2, 0.25) is 0 Å². The second kappa shape index (κ2) is 9.65. The number of furan rings is 1. The van der Waals surface area contributed by atoms with Crippen molar-refractivity contribution in [2.45, 2.75) is 0 Å². The van der Waals surface area contributed by atoms with E-state index >= 15 is 0 Å². The van der Waals surface area contributed by atoms with Crippen molar-refractivity contribution in [3.8, 4) is 28.3 Å². The molecular weight excluding hydrogens is 560 g/mol. The first-order valence-corrected chi connectivity index (χ1v) is 15.6. The predicted molar refractivity (Wildman–Crippen MR) is 192 cm³/mol. The summed E-state index contributed by atoms with van der Waals surface area (Å²) in [6, 6.07) is 52.4. The molecule has 0 saturated carbocycles. The molecule has 0 amide bonds. The zero-order valence-corrected chi connectivity index (χ0v) is 24.8. The van der Waals surface area contributed by atoms with Crippen LogP contribution in [0.25, 0.3) is 93.2 Å². The molecule has 10 rings (SSSR count). The summed E-state index contributed by atoms with van der Waals surface area (Å²) in [5, 5.41) is 12.5. The maximum absolute atomic E-state index is 6.44. The molecule has 3 heteroatoms. The highest BCUT2D eigenvalue weighted by Crippen LogP contribution is 2.45. The van der Waals surface area contributed by atoms with Crippen LogP contribution in [0.4, 0.5) is 0 Å². The number of hydrogen-bond donors (Lipinski definition) is 0. The maximum atomic E-state index is 6.44. The molecule has 0 atom stereocenters. The van der Waals surface area contributed by atoms with Gasteiger partial charge >= 0.3 is 0 Å². The second-order valence-electron chi connectivity index (χ2n) is 12.0. The van der Waals surface area contributed by atoms with E-state index in [0.717, 1.165) is 28.3 Å². The van der Waals surface area contributed by atoms with Crippen molar-refractivity contribution >= 4 is 64.9 Å². The summed E-state index contributed by atoms with van der Waals surface area (Å²) in [4.78, 5) is 4.16. The molecule has 7 aromatic carbocycles. The summed E-state index contributed by atoms with van der Waals surface area (Å²) in [7, 11) is 0. The molecular formula is C43H26N2O. The van der Waals surface area contributed by atoms with E-state index in [0.29, 0.717) is 0 Å². The van der Waals surface area contributed by atoms with Crippen LogP contribution in [0.5, 0.6) is 0 Å². The van der Waals surface area contributed by atoms with Crippen molar-refractivity contribution in [1.82, 2.24) is 9.55 Å². The van der Waals surface area contributed by atoms with Crippen LogP contribution in [0.15, 0.2) is 162 Å². The maximum Gasteiger partial charge on any atom is 0.134 e. The highest BCUT2D eigenvalue weighted by atomic mass is 16.3. The molecule has 0 bridgehead atoms. The van der Waals surface area contributed by atoms with Crippen LogP contribution >= 0.6 is 0 Å². The number of aromatic nitrogens is 2. The van der Waals surface area contributed by atoms with Gasteiger partial charge in [-0.3, -0.25) is 4.98 Å². The van der Waals surface area contributed by atoms with E-state index in [1.807, 2.05) is 18.2 Å². The number of fused-ring (bicyclic) bond motifs is 11. The van der Waals surface area contributed by atoms with Crippen LogP contribution in [-0.4, -0.2) is 9.55 Å². The third-order valence-corrected chi connectivity index (χ3v) is 9.47. The van der Waals surface area contributed by atoms with Crippen molar-refractivity contribution in [3.05, 3.63) is 158 Å². The third kappa shape index (κ3) is 3.63. The zero-order chi connectivity index (χ0) is 30.2. The molecule has 0 saturated heterocycles. The lowest BCUT2D eigenvalue weighted by atomic mass is 9.93. The molecule has 0 aliphatic heterocycles. The highest BCUT2D eigenvalue weighted by molar-refractivity contribution is 6.36. The van der Waals surface area contributed by atoms with Gasteiger partial charge in [0.1, 0.15) is 11.5 Å². The molecule has 3 heterocycles. The molecule has 214 valence electrons. The summed E-state index contributed by atoms with van der Waals surface area (Å²) in [5.74, 6) is 1.68. The fourth-order valence-electron chi connectivity index (χ4n) is 7.39. The first-order valence-electron chi connectivity index (χ1n) is 15.6. The smallest absolute Gasteiger partial charge is 0.134 e. The van der Waals surface area contributed by atoms with Gasteiger partial charge < -0.3 is 8.98 Å². The van der Waals surface area contributed by atoms with E-state index in [4.69, 9.17) is 4.42 Å². The monoisotopic (exact) mass is 586 g/mol. The quantitative estimate of drug-likeness (QED) is 0.193. The molecule has 0 N–H and O–H groups in total. The summed E-state index contributed by atoms with van der Waals surface area (Å²) < 4.78 is 8.92. The highest BCUT2D eigenvalue weighted by Gasteiger charge is 2.21. The van der Waals surface area contributed by atoms with E-state index in [9.17, 15) is 0 Å². The van der Waals surface area contributed by atoms with Gasteiger partial charge in [-0.25, -0.2) is 0 Å². The fraction of sp³-hybridized carbons (Fsp3) is 0. The van der Waals surface area contributed by atoms with Crippen LogP contribution in [0.1, 0.15) is 0 Å². The Kier molecular flexibility index (Phi) is 5.28. The van der Waals surface area contributed by atoms with Gasteiger partial charge in [-0.1, -0.05) is 91.0 Å². The Labute approximate surface area is 264 Å². The largest absolute Gasteiger partial charge is 0.456 e. The normalized spacial score (nSPS) is 11.9. The van der Waals surface area contributed by atoms with Crippen LogP contribution < -0.4 is 0 Å². The minimum absolute atomic E-state index is 0.832. The lowest BCUT2D eigenvalue weighted by Crippen LogP contribution is -1.95. The molecule has 0 fully saturated rings. The summed E-state index contributed by atoms with van der Waals surface area (Å²) in [6.07, 6.45) is 3.59. The van der Waals surface area contributed by atoms with Gasteiger partial charge in [0, 0.05) is 45.4 Å². The minimum atomic E-state index is 0.832. The van der Waals surface area contributed by atoms with E-state index in [1.165, 1.54) is 64.9 Å². The van der Waals surface area contributed by atoms with Crippen molar-refractivity contribution in [2.75, 3.05) is 0 Å². The lowest BCUT2D eigenvalue weighted by molar-refractivity contribution is 0.597. The average molecular weight is 587 g/mol. The number of pyridine rings is 1. The predicted octanol–water partition coefficient (Wildman–Crippen LogP) is 11.7. The number of rotatable bonds is 3. The molecule has 0 radical (unpaired) electrons. The number of benzene rings is 7. The Morgan fingerprint density at radius 3 is 1.93 bits per heavy atom. The van der Waals surface area contributed by atoms with Gasteiger partial charge in [0.05, 0.1) is 11.0 Å². The van der Waals surface area contributed by atoms with Crippen LogP contribution in [0.3, 0.4) is 0 Å². The first kappa shape index (κ1) is 25.2. The van der Waals surface area contributed by atoms with Gasteiger partial charge in [-0.05, 0) is 92.3 Å². The van der Waals surface area contributed by atoms with E-state index in [2.05, 4.69) is 137 Å². The molecule has 0 aliphatic rings. The topological polar surface area (TPSA) is 31.0 Å². The SMILES string of the molecule is c1ccc2cc(-n3c4ccc(-c5ccc(-c6ccncc6)o5)cc4c4c5ccccc5c5ccc6ccccc6c5c43)ccc2c1. The Hall–Kier alpha value is -6.19. The summed E-state index contributed by atoms with van der Waals surface area (Å²) in [5.41, 5.74) is 5.60. The summed E-state index contributed by atoms with van der Waals surface area (Å²) >= 11 is 0. The van der Waals surface area contributed by atoms with Crippen LogP contribution in [0.2, 0.25) is 0 Å². The van der Waals surface area contributed by atoms with Crippen molar-refractivity contribution in [2.24, 2.45) is 0 Å². The lowest BCUT2D eigenvalue weighted by Gasteiger charge is -2.14. The molecule has 10 aromatic rings. The molecule has 0 aliphatic carbocycles. The van der Waals surface area contributed by atoms with Crippen molar-refractivity contribution in [1.29, 1.82) is 0 Å². The molecule has 0 spiro atoms. The van der Waals surface area contributed by atoms with Crippen molar-refractivity contribution < 1.29 is 4.42 Å². The Morgan fingerprint density at radius 2 is 1.09 bits per heavy atom. The van der Waals surface area contributed by atoms with Crippen LogP contribution in [0, 0.1) is 0 Å². The summed E-state index contributed by atoms with van der Waals surface area (Å²) in [6.45, 7) is 0. The van der Waals surface area contributed by atoms with E-state index in [-0.39, 0.29) is 0 Å². The van der Waals surface area contributed by atoms with Gasteiger partial charge in [-0.2, -0.15) is 0 Å². The Morgan fingerprint density at radius 1 is 0.435 bits per heavy atom. The minimum Gasteiger partial charge on any atom is -0.456 e. The average Bonchev–Trinajstić information content (AvgIpc) is 3.75. The third-order valence-electron chi connectivity index (χ3n) is 9.47. The Bertz CT molecular complexity index is 2800. The van der Waals surface area contributed by atoms with Gasteiger partial charge in [-0.15, -0.1) is 0 Å². The molecule has 0 unspecified atom stereocenters. The van der Waals surface area contributed by atoms with E-state index < -0.39 is 0 Å². The van der Waals surface area contributed by atoms with Crippen LogP contribution in [-0.2, 0) is 0 Å². The first-order chi connectivity index (χ1) is 22.8. The standard InChI is InChI=1S/C43H26N2O/c1-2-9-30-25-32(16-13-27(30)7-1)45-38-18-15-31(40-20-19-39(46-40)29-21-23-44-24-22-29)26-37(38)42-35-12-6-5-11-34(35)36-17-14-28-8-3-4-10-33(28)41(36)43(42)45/h1-26H. The van der Waals surface area contributed by atoms with Gasteiger partial charge in [0.25, 0.3) is 0 Å². The second-order valence-corrected chi connectivity index (χ2v) is 12.0. The van der Waals surface area contributed by atoms with Crippen molar-refractivity contribution in [3.63, 3.8) is 0 Å².